The van der Waals surface area contributed by atoms with E-state index in [0.29, 0.717) is 0 Å². The molecule has 1 rings (SSSR count). The summed E-state index contributed by atoms with van der Waals surface area (Å²) in [5.41, 5.74) is 0. The van der Waals surface area contributed by atoms with Gasteiger partial charge in [0.25, 0.3) is 0 Å². The summed E-state index contributed by atoms with van der Waals surface area (Å²) in [6.45, 7) is 15.6. The van der Waals surface area contributed by atoms with Gasteiger partial charge in [-0.05, 0) is 43.7 Å². The minimum absolute atomic E-state index is 0.792. The summed E-state index contributed by atoms with van der Waals surface area (Å²) in [6, 6.07) is 0. The van der Waals surface area contributed by atoms with Crippen molar-refractivity contribution < 1.29 is 0 Å². The second-order valence-corrected chi connectivity index (χ2v) is 6.20. The van der Waals surface area contributed by atoms with Gasteiger partial charge in [-0.1, -0.05) is 27.7 Å². The quantitative estimate of drug-likeness (QED) is 0.749. The van der Waals surface area contributed by atoms with Gasteiger partial charge in [-0.2, -0.15) is 0 Å². The molecule has 1 aliphatic rings. The summed E-state index contributed by atoms with van der Waals surface area (Å²) >= 11 is 0. The third kappa shape index (κ3) is 5.86. The molecule has 2 nitrogen and oxygen atoms in total. The van der Waals surface area contributed by atoms with Crippen LogP contribution in [-0.2, 0) is 0 Å². The van der Waals surface area contributed by atoms with Gasteiger partial charge in [0.1, 0.15) is 0 Å². The molecule has 1 N–H and O–H groups in total. The molecule has 1 saturated heterocycles. The van der Waals surface area contributed by atoms with Crippen molar-refractivity contribution in [3.05, 3.63) is 0 Å². The van der Waals surface area contributed by atoms with E-state index in [2.05, 4.69) is 37.9 Å². The SMILES string of the molecule is CC(C)CN(CC(C)C)CC1CCNCC1. The molecule has 0 atom stereocenters. The number of nitrogens with zero attached hydrogens (tertiary/aromatic N) is 1. The van der Waals surface area contributed by atoms with E-state index in [1.54, 1.807) is 0 Å². The van der Waals surface area contributed by atoms with E-state index in [1.165, 1.54) is 45.6 Å². The predicted molar refractivity (Wildman–Crippen MR) is 71.7 cm³/mol. The Hall–Kier alpha value is -0.0800. The molecule has 1 fully saturated rings. The van der Waals surface area contributed by atoms with Gasteiger partial charge in [0.2, 0.25) is 0 Å². The minimum atomic E-state index is 0.792. The fourth-order valence-electron chi connectivity index (χ4n) is 2.69. The van der Waals surface area contributed by atoms with Crippen LogP contribution in [0.15, 0.2) is 0 Å². The Bertz CT molecular complexity index is 162. The average Bonchev–Trinajstić information content (AvgIpc) is 2.16. The Kier molecular flexibility index (Phi) is 6.37. The van der Waals surface area contributed by atoms with Crippen molar-refractivity contribution in [1.82, 2.24) is 10.2 Å². The first kappa shape index (κ1) is 14.0. The van der Waals surface area contributed by atoms with Crippen LogP contribution in [0.2, 0.25) is 0 Å². The lowest BCUT2D eigenvalue weighted by atomic mass is 9.96. The lowest BCUT2D eigenvalue weighted by Crippen LogP contribution is -2.39. The first-order valence-electron chi connectivity index (χ1n) is 7.01. The summed E-state index contributed by atoms with van der Waals surface area (Å²) in [7, 11) is 0. The van der Waals surface area contributed by atoms with Crippen molar-refractivity contribution in [3.63, 3.8) is 0 Å². The lowest BCUT2D eigenvalue weighted by molar-refractivity contribution is 0.171. The fourth-order valence-corrected chi connectivity index (χ4v) is 2.69. The van der Waals surface area contributed by atoms with Crippen LogP contribution >= 0.6 is 0 Å². The summed E-state index contributed by atoms with van der Waals surface area (Å²) < 4.78 is 0. The van der Waals surface area contributed by atoms with E-state index >= 15 is 0 Å². The molecule has 0 unspecified atom stereocenters. The van der Waals surface area contributed by atoms with Gasteiger partial charge in [0, 0.05) is 19.6 Å². The number of nitrogens with one attached hydrogen (secondary N) is 1. The van der Waals surface area contributed by atoms with Crippen molar-refractivity contribution in [2.75, 3.05) is 32.7 Å². The molecule has 0 bridgehead atoms. The van der Waals surface area contributed by atoms with Crippen molar-refractivity contribution >= 4 is 0 Å². The molecule has 0 aromatic carbocycles. The molecule has 0 amide bonds. The molecule has 2 heteroatoms. The summed E-state index contributed by atoms with van der Waals surface area (Å²) in [4.78, 5) is 2.69. The van der Waals surface area contributed by atoms with Crippen LogP contribution in [0.25, 0.3) is 0 Å². The van der Waals surface area contributed by atoms with Gasteiger partial charge in [0.15, 0.2) is 0 Å². The second-order valence-electron chi connectivity index (χ2n) is 6.20. The number of rotatable bonds is 6. The van der Waals surface area contributed by atoms with Gasteiger partial charge in [-0.3, -0.25) is 0 Å². The third-order valence-corrected chi connectivity index (χ3v) is 3.22. The summed E-state index contributed by atoms with van der Waals surface area (Å²) in [5, 5.41) is 3.45. The van der Waals surface area contributed by atoms with Gasteiger partial charge in [0.05, 0.1) is 0 Å². The van der Waals surface area contributed by atoms with Crippen molar-refractivity contribution in [3.8, 4) is 0 Å². The monoisotopic (exact) mass is 226 g/mol. The molecule has 16 heavy (non-hydrogen) atoms. The molecule has 96 valence electrons. The van der Waals surface area contributed by atoms with Crippen molar-refractivity contribution in [2.24, 2.45) is 17.8 Å². The highest BCUT2D eigenvalue weighted by Crippen LogP contribution is 2.15. The van der Waals surface area contributed by atoms with E-state index in [0.717, 1.165) is 17.8 Å². The van der Waals surface area contributed by atoms with Gasteiger partial charge in [-0.15, -0.1) is 0 Å². The van der Waals surface area contributed by atoms with Crippen LogP contribution in [0.5, 0.6) is 0 Å². The Morgan fingerprint density at radius 2 is 1.50 bits per heavy atom. The zero-order chi connectivity index (χ0) is 12.0. The highest BCUT2D eigenvalue weighted by Gasteiger charge is 2.18. The van der Waals surface area contributed by atoms with Crippen molar-refractivity contribution in [2.45, 2.75) is 40.5 Å². The molecular formula is C14H30N2. The summed E-state index contributed by atoms with van der Waals surface area (Å²) in [5.74, 6) is 2.51. The van der Waals surface area contributed by atoms with E-state index in [1.807, 2.05) is 0 Å². The highest BCUT2D eigenvalue weighted by molar-refractivity contribution is 4.73. The zero-order valence-electron chi connectivity index (χ0n) is 11.6. The first-order valence-corrected chi connectivity index (χ1v) is 7.01. The molecule has 0 aliphatic carbocycles. The molecule has 0 aromatic rings. The standard InChI is InChI=1S/C14H30N2/c1-12(2)9-16(10-13(3)4)11-14-5-7-15-8-6-14/h12-15H,5-11H2,1-4H3. The molecule has 0 aromatic heterocycles. The van der Waals surface area contributed by atoms with Crippen LogP contribution < -0.4 is 5.32 Å². The highest BCUT2D eigenvalue weighted by atomic mass is 15.1. The van der Waals surface area contributed by atoms with Gasteiger partial charge < -0.3 is 10.2 Å². The van der Waals surface area contributed by atoms with E-state index < -0.39 is 0 Å². The zero-order valence-corrected chi connectivity index (χ0v) is 11.6. The van der Waals surface area contributed by atoms with Crippen LogP contribution in [0.4, 0.5) is 0 Å². The predicted octanol–water partition coefficient (Wildman–Crippen LogP) is 2.60. The largest absolute Gasteiger partial charge is 0.317 e. The molecule has 0 radical (unpaired) electrons. The van der Waals surface area contributed by atoms with Crippen molar-refractivity contribution in [1.29, 1.82) is 0 Å². The Labute approximate surface area is 102 Å². The first-order chi connectivity index (χ1) is 7.58. The maximum Gasteiger partial charge on any atom is 0.00108 e. The topological polar surface area (TPSA) is 15.3 Å². The Balaban J connectivity index is 2.35. The smallest absolute Gasteiger partial charge is 0.00108 e. The molecule has 1 aliphatic heterocycles. The number of hydrogen-bond donors (Lipinski definition) is 1. The molecule has 0 spiro atoms. The maximum absolute atomic E-state index is 3.45. The van der Waals surface area contributed by atoms with Crippen LogP contribution in [-0.4, -0.2) is 37.6 Å². The van der Waals surface area contributed by atoms with Crippen LogP contribution in [0.1, 0.15) is 40.5 Å². The molecular weight excluding hydrogens is 196 g/mol. The van der Waals surface area contributed by atoms with Gasteiger partial charge in [-0.25, -0.2) is 0 Å². The lowest BCUT2D eigenvalue weighted by Gasteiger charge is -2.32. The van der Waals surface area contributed by atoms with E-state index in [-0.39, 0.29) is 0 Å². The van der Waals surface area contributed by atoms with E-state index in [9.17, 15) is 0 Å². The fraction of sp³-hybridized carbons (Fsp3) is 1.00. The molecule has 0 saturated carbocycles. The normalized spacial score (nSPS) is 18.9. The second kappa shape index (κ2) is 7.29. The van der Waals surface area contributed by atoms with Gasteiger partial charge >= 0.3 is 0 Å². The molecule has 1 heterocycles. The van der Waals surface area contributed by atoms with E-state index in [4.69, 9.17) is 0 Å². The Morgan fingerprint density at radius 3 is 1.94 bits per heavy atom. The average molecular weight is 226 g/mol. The Morgan fingerprint density at radius 1 is 1.00 bits per heavy atom. The minimum Gasteiger partial charge on any atom is -0.317 e. The maximum atomic E-state index is 3.45. The third-order valence-electron chi connectivity index (χ3n) is 3.22. The van der Waals surface area contributed by atoms with Crippen LogP contribution in [0, 0.1) is 17.8 Å². The number of hydrogen-bond acceptors (Lipinski definition) is 2. The van der Waals surface area contributed by atoms with Crippen LogP contribution in [0.3, 0.4) is 0 Å². The number of piperidine rings is 1. The summed E-state index contributed by atoms with van der Waals surface area (Å²) in [6.07, 6.45) is 2.74.